The third kappa shape index (κ3) is 6.32. The Labute approximate surface area is 180 Å². The fourth-order valence-electron chi connectivity index (χ4n) is 2.92. The van der Waals surface area contributed by atoms with Gasteiger partial charge < -0.3 is 24.4 Å². The van der Waals surface area contributed by atoms with Crippen LogP contribution in [0, 0.1) is 11.3 Å². The van der Waals surface area contributed by atoms with Crippen molar-refractivity contribution in [2.45, 2.75) is 0 Å². The first kappa shape index (κ1) is 21.9. The van der Waals surface area contributed by atoms with Gasteiger partial charge in [0.15, 0.2) is 6.61 Å². The largest absolute Gasteiger partial charge is 0.497 e. The van der Waals surface area contributed by atoms with E-state index in [2.05, 4.69) is 5.32 Å². The van der Waals surface area contributed by atoms with Gasteiger partial charge in [0, 0.05) is 24.8 Å². The summed E-state index contributed by atoms with van der Waals surface area (Å²) in [6.45, 7) is 2.17. The third-order valence-corrected chi connectivity index (χ3v) is 4.61. The van der Waals surface area contributed by atoms with Crippen LogP contribution in [0.1, 0.15) is 5.56 Å². The molecule has 2 aromatic carbocycles. The van der Waals surface area contributed by atoms with Gasteiger partial charge >= 0.3 is 0 Å². The average molecular weight is 421 g/mol. The molecule has 160 valence electrons. The Morgan fingerprint density at radius 3 is 2.58 bits per heavy atom. The summed E-state index contributed by atoms with van der Waals surface area (Å²) < 4.78 is 15.9. The molecule has 1 heterocycles. The van der Waals surface area contributed by atoms with Crippen molar-refractivity contribution in [3.05, 3.63) is 59.7 Å². The molecular formula is C23H23N3O5. The first-order chi connectivity index (χ1) is 15.1. The van der Waals surface area contributed by atoms with Gasteiger partial charge in [0.25, 0.3) is 11.8 Å². The van der Waals surface area contributed by atoms with E-state index in [4.69, 9.17) is 14.2 Å². The van der Waals surface area contributed by atoms with Gasteiger partial charge in [0.05, 0.1) is 20.3 Å². The highest BCUT2D eigenvalue weighted by molar-refractivity contribution is 6.09. The number of morpholine rings is 1. The zero-order chi connectivity index (χ0) is 22.1. The molecule has 1 aliphatic heterocycles. The number of carbonyl (C=O) groups excluding carboxylic acids is 2. The van der Waals surface area contributed by atoms with E-state index in [9.17, 15) is 14.9 Å². The minimum absolute atomic E-state index is 0.0426. The number of nitrogens with one attached hydrogen (secondary N) is 1. The first-order valence-electron chi connectivity index (χ1n) is 9.74. The molecule has 31 heavy (non-hydrogen) atoms. The molecule has 1 fully saturated rings. The molecule has 1 saturated heterocycles. The predicted octanol–water partition coefficient (Wildman–Crippen LogP) is 2.48. The lowest BCUT2D eigenvalue weighted by Gasteiger charge is -2.26. The van der Waals surface area contributed by atoms with Crippen LogP contribution in [0.4, 0.5) is 5.69 Å². The van der Waals surface area contributed by atoms with Crippen molar-refractivity contribution >= 4 is 23.6 Å². The Bertz CT molecular complexity index is 989. The van der Waals surface area contributed by atoms with Crippen LogP contribution >= 0.6 is 0 Å². The first-order valence-corrected chi connectivity index (χ1v) is 9.74. The Hall–Kier alpha value is -3.83. The number of nitrogens with zero attached hydrogens (tertiary/aromatic N) is 2. The molecule has 8 heteroatoms. The molecular weight excluding hydrogens is 398 g/mol. The van der Waals surface area contributed by atoms with Crippen LogP contribution in [0.2, 0.25) is 0 Å². The van der Waals surface area contributed by atoms with Crippen molar-refractivity contribution in [1.82, 2.24) is 4.90 Å². The molecule has 1 aliphatic rings. The maximum Gasteiger partial charge on any atom is 0.266 e. The number of ether oxygens (including phenoxy) is 3. The van der Waals surface area contributed by atoms with Crippen LogP contribution in [-0.4, -0.2) is 56.7 Å². The maximum atomic E-state index is 12.4. The summed E-state index contributed by atoms with van der Waals surface area (Å²) in [5.74, 6) is 0.515. The van der Waals surface area contributed by atoms with Crippen LogP contribution in [0.25, 0.3) is 6.08 Å². The van der Waals surface area contributed by atoms with Crippen LogP contribution in [0.15, 0.2) is 54.1 Å². The second-order valence-electron chi connectivity index (χ2n) is 6.71. The molecule has 2 aromatic rings. The number of amides is 2. The van der Waals surface area contributed by atoms with Gasteiger partial charge in [-0.25, -0.2) is 0 Å². The molecule has 2 amide bonds. The molecule has 8 nitrogen and oxygen atoms in total. The summed E-state index contributed by atoms with van der Waals surface area (Å²) in [4.78, 5) is 26.3. The van der Waals surface area contributed by atoms with E-state index < -0.39 is 5.91 Å². The Morgan fingerprint density at radius 2 is 1.90 bits per heavy atom. The minimum atomic E-state index is -0.521. The van der Waals surface area contributed by atoms with Crippen LogP contribution < -0.4 is 14.8 Å². The number of nitriles is 1. The Balaban J connectivity index is 1.58. The molecule has 0 atom stereocenters. The van der Waals surface area contributed by atoms with Crippen molar-refractivity contribution < 1.29 is 23.8 Å². The van der Waals surface area contributed by atoms with Gasteiger partial charge in [-0.05, 0) is 35.9 Å². The Kier molecular flexibility index (Phi) is 7.62. The lowest BCUT2D eigenvalue weighted by molar-refractivity contribution is -0.137. The number of benzene rings is 2. The van der Waals surface area contributed by atoms with E-state index in [1.807, 2.05) is 6.07 Å². The van der Waals surface area contributed by atoms with Crippen molar-refractivity contribution in [2.24, 2.45) is 0 Å². The molecule has 0 spiro atoms. The van der Waals surface area contributed by atoms with Gasteiger partial charge in [0.1, 0.15) is 23.1 Å². The summed E-state index contributed by atoms with van der Waals surface area (Å²) >= 11 is 0. The summed E-state index contributed by atoms with van der Waals surface area (Å²) in [5.41, 5.74) is 1.14. The molecule has 0 saturated carbocycles. The SMILES string of the molecule is COc1cccc(NC(=O)/C(C#N)=C\c2ccc(OCC(=O)N3CCOCC3)cc2)c1. The second kappa shape index (κ2) is 10.8. The minimum Gasteiger partial charge on any atom is -0.497 e. The zero-order valence-electron chi connectivity index (χ0n) is 17.2. The van der Waals surface area contributed by atoms with Crippen LogP contribution in [0.5, 0.6) is 11.5 Å². The molecule has 0 bridgehead atoms. The van der Waals surface area contributed by atoms with Crippen LogP contribution in [-0.2, 0) is 14.3 Å². The standard InChI is InChI=1S/C23H23N3O5/c1-29-21-4-2-3-19(14-21)25-23(28)18(15-24)13-17-5-7-20(8-6-17)31-16-22(27)26-9-11-30-12-10-26/h2-8,13-14H,9-12,16H2,1H3,(H,25,28)/b18-13-. The van der Waals surface area contributed by atoms with Crippen LogP contribution in [0.3, 0.4) is 0 Å². The number of rotatable bonds is 7. The fraction of sp³-hybridized carbons (Fsp3) is 0.261. The van der Waals surface area contributed by atoms with Gasteiger partial charge in [-0.1, -0.05) is 18.2 Å². The highest BCUT2D eigenvalue weighted by atomic mass is 16.5. The predicted molar refractivity (Wildman–Crippen MR) is 115 cm³/mol. The monoisotopic (exact) mass is 421 g/mol. The lowest BCUT2D eigenvalue weighted by atomic mass is 10.1. The summed E-state index contributed by atoms with van der Waals surface area (Å²) in [5, 5.41) is 12.1. The van der Waals surface area contributed by atoms with Gasteiger partial charge in [-0.15, -0.1) is 0 Å². The van der Waals surface area contributed by atoms with Gasteiger partial charge in [-0.2, -0.15) is 5.26 Å². The third-order valence-electron chi connectivity index (χ3n) is 4.61. The van der Waals surface area contributed by atoms with Crippen molar-refractivity contribution in [2.75, 3.05) is 45.3 Å². The van der Waals surface area contributed by atoms with Crippen molar-refractivity contribution in [3.63, 3.8) is 0 Å². The highest BCUT2D eigenvalue weighted by Crippen LogP contribution is 2.19. The summed E-state index contributed by atoms with van der Waals surface area (Å²) in [7, 11) is 1.54. The number of hydrogen-bond donors (Lipinski definition) is 1. The highest BCUT2D eigenvalue weighted by Gasteiger charge is 2.17. The lowest BCUT2D eigenvalue weighted by Crippen LogP contribution is -2.42. The number of carbonyl (C=O) groups is 2. The summed E-state index contributed by atoms with van der Waals surface area (Å²) in [6.07, 6.45) is 1.48. The molecule has 0 aliphatic carbocycles. The topological polar surface area (TPSA) is 101 Å². The van der Waals surface area contributed by atoms with Crippen molar-refractivity contribution in [1.29, 1.82) is 5.26 Å². The normalized spacial score (nSPS) is 13.8. The van der Waals surface area contributed by atoms with E-state index >= 15 is 0 Å². The number of hydrogen-bond acceptors (Lipinski definition) is 6. The van der Waals surface area contributed by atoms with Gasteiger partial charge in [-0.3, -0.25) is 9.59 Å². The van der Waals surface area contributed by atoms with E-state index in [0.717, 1.165) is 0 Å². The Morgan fingerprint density at radius 1 is 1.16 bits per heavy atom. The maximum absolute atomic E-state index is 12.4. The zero-order valence-corrected chi connectivity index (χ0v) is 17.2. The molecule has 0 unspecified atom stereocenters. The van der Waals surface area contributed by atoms with Gasteiger partial charge in [0.2, 0.25) is 0 Å². The van der Waals surface area contributed by atoms with E-state index in [0.29, 0.717) is 49.1 Å². The molecule has 0 aromatic heterocycles. The smallest absolute Gasteiger partial charge is 0.266 e. The summed E-state index contributed by atoms with van der Waals surface area (Å²) in [6, 6.07) is 15.6. The average Bonchev–Trinajstić information content (AvgIpc) is 2.82. The quantitative estimate of drug-likeness (QED) is 0.545. The molecule has 0 radical (unpaired) electrons. The van der Waals surface area contributed by atoms with E-state index in [1.54, 1.807) is 53.4 Å². The number of methoxy groups -OCH3 is 1. The number of anilines is 1. The molecule has 1 N–H and O–H groups in total. The second-order valence-corrected chi connectivity index (χ2v) is 6.71. The van der Waals surface area contributed by atoms with E-state index in [-0.39, 0.29) is 18.1 Å². The fourth-order valence-corrected chi connectivity index (χ4v) is 2.92. The van der Waals surface area contributed by atoms with E-state index in [1.165, 1.54) is 13.2 Å². The molecule has 3 rings (SSSR count). The van der Waals surface area contributed by atoms with Crippen molar-refractivity contribution in [3.8, 4) is 17.6 Å².